The minimum absolute atomic E-state index is 0.0202. The lowest BCUT2D eigenvalue weighted by Crippen LogP contribution is -2.30. The first-order chi connectivity index (χ1) is 10.0. The Morgan fingerprint density at radius 2 is 2.00 bits per heavy atom. The van der Waals surface area contributed by atoms with Gasteiger partial charge in [0, 0.05) is 23.2 Å². The lowest BCUT2D eigenvalue weighted by atomic mass is 10.1. The molecule has 0 fully saturated rings. The third kappa shape index (κ3) is 3.85. The number of halogens is 1. The highest BCUT2D eigenvalue weighted by molar-refractivity contribution is 9.10. The van der Waals surface area contributed by atoms with Crippen LogP contribution in [0.3, 0.4) is 0 Å². The standard InChI is InChI=1S/C17H19BrN2O/c1-3-20(11-13-5-4-6-14(19)10-13)17(21)15-8-7-12(2)9-16(15)18/h4-10H,3,11,19H2,1-2H3. The van der Waals surface area contributed by atoms with Crippen molar-refractivity contribution in [2.75, 3.05) is 12.3 Å². The fourth-order valence-corrected chi connectivity index (χ4v) is 2.87. The number of benzene rings is 2. The largest absolute Gasteiger partial charge is 0.399 e. The molecule has 2 aromatic carbocycles. The predicted octanol–water partition coefficient (Wildman–Crippen LogP) is 4.00. The minimum atomic E-state index is 0.0202. The summed E-state index contributed by atoms with van der Waals surface area (Å²) in [7, 11) is 0. The molecule has 4 heteroatoms. The van der Waals surface area contributed by atoms with Crippen molar-refractivity contribution in [1.82, 2.24) is 4.90 Å². The number of carbonyl (C=O) groups excluding carboxylic acids is 1. The van der Waals surface area contributed by atoms with E-state index in [-0.39, 0.29) is 5.91 Å². The van der Waals surface area contributed by atoms with Crippen molar-refractivity contribution >= 4 is 27.5 Å². The first-order valence-electron chi connectivity index (χ1n) is 6.91. The molecular weight excluding hydrogens is 328 g/mol. The van der Waals surface area contributed by atoms with Crippen molar-refractivity contribution in [2.24, 2.45) is 0 Å². The average Bonchev–Trinajstić information content (AvgIpc) is 2.44. The third-order valence-electron chi connectivity index (χ3n) is 3.35. The van der Waals surface area contributed by atoms with Gasteiger partial charge in [-0.15, -0.1) is 0 Å². The highest BCUT2D eigenvalue weighted by Crippen LogP contribution is 2.21. The van der Waals surface area contributed by atoms with Crippen LogP contribution in [-0.4, -0.2) is 17.4 Å². The van der Waals surface area contributed by atoms with E-state index in [9.17, 15) is 4.79 Å². The Bertz CT molecular complexity index is 655. The predicted molar refractivity (Wildman–Crippen MR) is 90.1 cm³/mol. The molecular formula is C17H19BrN2O. The molecule has 0 aromatic heterocycles. The van der Waals surface area contributed by atoms with Crippen molar-refractivity contribution in [1.29, 1.82) is 0 Å². The van der Waals surface area contributed by atoms with E-state index in [1.165, 1.54) is 0 Å². The molecule has 0 spiro atoms. The number of rotatable bonds is 4. The number of carbonyl (C=O) groups is 1. The molecule has 0 saturated heterocycles. The summed E-state index contributed by atoms with van der Waals surface area (Å²) in [4.78, 5) is 14.5. The van der Waals surface area contributed by atoms with Crippen LogP contribution in [0.15, 0.2) is 46.9 Å². The van der Waals surface area contributed by atoms with Crippen molar-refractivity contribution in [3.05, 3.63) is 63.6 Å². The van der Waals surface area contributed by atoms with Gasteiger partial charge in [-0.2, -0.15) is 0 Å². The first-order valence-corrected chi connectivity index (χ1v) is 7.70. The summed E-state index contributed by atoms with van der Waals surface area (Å²) in [6.45, 7) is 5.18. The van der Waals surface area contributed by atoms with E-state index in [1.54, 1.807) is 0 Å². The topological polar surface area (TPSA) is 46.3 Å². The van der Waals surface area contributed by atoms with E-state index in [2.05, 4.69) is 15.9 Å². The average molecular weight is 347 g/mol. The van der Waals surface area contributed by atoms with Crippen molar-refractivity contribution in [3.8, 4) is 0 Å². The van der Waals surface area contributed by atoms with Gasteiger partial charge in [-0.3, -0.25) is 4.79 Å². The van der Waals surface area contributed by atoms with Gasteiger partial charge in [-0.25, -0.2) is 0 Å². The van der Waals surface area contributed by atoms with Crippen LogP contribution >= 0.6 is 15.9 Å². The van der Waals surface area contributed by atoms with Gasteiger partial charge in [0.25, 0.3) is 5.91 Å². The summed E-state index contributed by atoms with van der Waals surface area (Å²) in [5, 5.41) is 0. The van der Waals surface area contributed by atoms with E-state index in [1.807, 2.05) is 61.2 Å². The highest BCUT2D eigenvalue weighted by Gasteiger charge is 2.17. The number of amides is 1. The van der Waals surface area contributed by atoms with Gasteiger partial charge in [-0.1, -0.05) is 18.2 Å². The van der Waals surface area contributed by atoms with Crippen LogP contribution < -0.4 is 5.73 Å². The quantitative estimate of drug-likeness (QED) is 0.850. The van der Waals surface area contributed by atoms with Crippen LogP contribution in [0.1, 0.15) is 28.4 Å². The number of nitrogens with two attached hydrogens (primary N) is 1. The molecule has 2 N–H and O–H groups in total. The molecule has 110 valence electrons. The van der Waals surface area contributed by atoms with Crippen molar-refractivity contribution < 1.29 is 4.79 Å². The number of nitrogens with zero attached hydrogens (tertiary/aromatic N) is 1. The zero-order valence-electron chi connectivity index (χ0n) is 12.3. The zero-order chi connectivity index (χ0) is 15.4. The van der Waals surface area contributed by atoms with E-state index < -0.39 is 0 Å². The Hall–Kier alpha value is -1.81. The van der Waals surface area contributed by atoms with Crippen molar-refractivity contribution in [3.63, 3.8) is 0 Å². The summed E-state index contributed by atoms with van der Waals surface area (Å²) in [6.07, 6.45) is 0. The maximum atomic E-state index is 12.7. The molecule has 0 bridgehead atoms. The first kappa shape index (κ1) is 15.6. The Labute approximate surface area is 133 Å². The number of aryl methyl sites for hydroxylation is 1. The lowest BCUT2D eigenvalue weighted by molar-refractivity contribution is 0.0751. The molecule has 0 atom stereocenters. The second-order valence-corrected chi connectivity index (χ2v) is 5.90. The zero-order valence-corrected chi connectivity index (χ0v) is 13.9. The second kappa shape index (κ2) is 6.76. The summed E-state index contributed by atoms with van der Waals surface area (Å²) in [5.74, 6) is 0.0202. The van der Waals surface area contributed by atoms with Crippen LogP contribution in [0.5, 0.6) is 0 Å². The van der Waals surface area contributed by atoms with Crippen LogP contribution in [0, 0.1) is 6.92 Å². The molecule has 2 aromatic rings. The molecule has 0 unspecified atom stereocenters. The summed E-state index contributed by atoms with van der Waals surface area (Å²) < 4.78 is 0.832. The molecule has 1 amide bonds. The number of anilines is 1. The Morgan fingerprint density at radius 3 is 2.62 bits per heavy atom. The third-order valence-corrected chi connectivity index (χ3v) is 4.00. The number of hydrogen-bond donors (Lipinski definition) is 1. The van der Waals surface area contributed by atoms with E-state index in [0.29, 0.717) is 24.3 Å². The molecule has 3 nitrogen and oxygen atoms in total. The fourth-order valence-electron chi connectivity index (χ4n) is 2.20. The van der Waals surface area contributed by atoms with Gasteiger partial charge in [0.2, 0.25) is 0 Å². The maximum absolute atomic E-state index is 12.7. The van der Waals surface area contributed by atoms with Crippen molar-refractivity contribution in [2.45, 2.75) is 20.4 Å². The van der Waals surface area contributed by atoms with Gasteiger partial charge in [0.05, 0.1) is 5.56 Å². The molecule has 2 rings (SSSR count). The van der Waals surface area contributed by atoms with E-state index in [4.69, 9.17) is 5.73 Å². The molecule has 0 radical (unpaired) electrons. The van der Waals surface area contributed by atoms with Crippen LogP contribution in [0.4, 0.5) is 5.69 Å². The van der Waals surface area contributed by atoms with Gasteiger partial charge in [0.1, 0.15) is 0 Å². The monoisotopic (exact) mass is 346 g/mol. The molecule has 0 aliphatic carbocycles. The maximum Gasteiger partial charge on any atom is 0.255 e. The van der Waals surface area contributed by atoms with Gasteiger partial charge in [0.15, 0.2) is 0 Å². The minimum Gasteiger partial charge on any atom is -0.399 e. The fraction of sp³-hybridized carbons (Fsp3) is 0.235. The summed E-state index contributed by atoms with van der Waals surface area (Å²) in [6, 6.07) is 13.4. The molecule has 21 heavy (non-hydrogen) atoms. The van der Waals surface area contributed by atoms with Gasteiger partial charge >= 0.3 is 0 Å². The molecule has 0 saturated carbocycles. The normalized spacial score (nSPS) is 10.4. The van der Waals surface area contributed by atoms with Crippen LogP contribution in [-0.2, 0) is 6.54 Å². The van der Waals surface area contributed by atoms with E-state index >= 15 is 0 Å². The smallest absolute Gasteiger partial charge is 0.255 e. The molecule has 0 aliphatic rings. The Balaban J connectivity index is 2.22. The SMILES string of the molecule is CCN(Cc1cccc(N)c1)C(=O)c1ccc(C)cc1Br. The summed E-state index contributed by atoms with van der Waals surface area (Å²) >= 11 is 3.47. The van der Waals surface area contributed by atoms with Crippen LogP contribution in [0.2, 0.25) is 0 Å². The molecule has 0 aliphatic heterocycles. The van der Waals surface area contributed by atoms with Crippen LogP contribution in [0.25, 0.3) is 0 Å². The lowest BCUT2D eigenvalue weighted by Gasteiger charge is -2.22. The van der Waals surface area contributed by atoms with E-state index in [0.717, 1.165) is 15.6 Å². The summed E-state index contributed by atoms with van der Waals surface area (Å²) in [5.41, 5.74) is 9.35. The van der Waals surface area contributed by atoms with Gasteiger partial charge < -0.3 is 10.6 Å². The number of nitrogen functional groups attached to an aromatic ring is 1. The van der Waals surface area contributed by atoms with Gasteiger partial charge in [-0.05, 0) is 65.2 Å². The molecule has 0 heterocycles. The Morgan fingerprint density at radius 1 is 1.24 bits per heavy atom. The highest BCUT2D eigenvalue weighted by atomic mass is 79.9. The number of hydrogen-bond acceptors (Lipinski definition) is 2. The second-order valence-electron chi connectivity index (χ2n) is 5.05. The Kier molecular flexibility index (Phi) is 5.02.